The van der Waals surface area contributed by atoms with Crippen LogP contribution >= 0.6 is 35.3 Å². The van der Waals surface area contributed by atoms with Gasteiger partial charge in [0.25, 0.3) is 0 Å². The first-order chi connectivity index (χ1) is 11.8. The molecule has 0 unspecified atom stereocenters. The van der Waals surface area contributed by atoms with Crippen LogP contribution in [0.2, 0.25) is 0 Å². The number of aliphatic imine (C=N–C) groups is 1. The van der Waals surface area contributed by atoms with Crippen molar-refractivity contribution in [1.29, 1.82) is 0 Å². The van der Waals surface area contributed by atoms with E-state index in [-0.39, 0.29) is 24.0 Å². The highest BCUT2D eigenvalue weighted by Crippen LogP contribution is 2.28. The van der Waals surface area contributed by atoms with E-state index in [1.165, 1.54) is 6.26 Å². The van der Waals surface area contributed by atoms with Crippen LogP contribution in [-0.4, -0.2) is 57.2 Å². The molecule has 1 aliphatic heterocycles. The molecule has 150 valence electrons. The van der Waals surface area contributed by atoms with Crippen LogP contribution in [-0.2, 0) is 21.1 Å². The molecule has 2 heterocycles. The van der Waals surface area contributed by atoms with E-state index in [4.69, 9.17) is 4.74 Å². The molecule has 2 N–H and O–H groups in total. The molecule has 1 aromatic heterocycles. The van der Waals surface area contributed by atoms with Crippen LogP contribution in [0, 0.1) is 0 Å². The summed E-state index contributed by atoms with van der Waals surface area (Å²) in [6.45, 7) is 6.06. The minimum atomic E-state index is -3.20. The number of aromatic nitrogens is 1. The van der Waals surface area contributed by atoms with Crippen LogP contribution in [0.3, 0.4) is 0 Å². The second-order valence-electron chi connectivity index (χ2n) is 6.67. The van der Waals surface area contributed by atoms with Gasteiger partial charge in [-0.25, -0.2) is 13.4 Å². The molecule has 1 aromatic rings. The first kappa shape index (κ1) is 23.6. The number of rotatable bonds is 6. The average molecular weight is 516 g/mol. The van der Waals surface area contributed by atoms with Gasteiger partial charge in [0.1, 0.15) is 5.01 Å². The number of hydrogen-bond acceptors (Lipinski definition) is 6. The number of ether oxygens (including phenoxy) is 1. The molecule has 0 bridgehead atoms. The fraction of sp³-hybridized carbons (Fsp3) is 0.750. The zero-order chi connectivity index (χ0) is 18.5. The lowest BCUT2D eigenvalue weighted by Crippen LogP contribution is -2.53. The predicted molar refractivity (Wildman–Crippen MR) is 117 cm³/mol. The molecule has 0 aromatic carbocycles. The van der Waals surface area contributed by atoms with Crippen LogP contribution in [0.15, 0.2) is 10.4 Å². The number of hydrogen-bond donors (Lipinski definition) is 2. The zero-order valence-corrected chi connectivity index (χ0v) is 19.7. The normalized spacial score (nSPS) is 17.7. The van der Waals surface area contributed by atoms with Crippen LogP contribution < -0.4 is 10.6 Å². The Morgan fingerprint density at radius 2 is 2.04 bits per heavy atom. The first-order valence-electron chi connectivity index (χ1n) is 8.43. The van der Waals surface area contributed by atoms with Crippen molar-refractivity contribution in [3.63, 3.8) is 0 Å². The summed E-state index contributed by atoms with van der Waals surface area (Å²) >= 11 is 1.61. The molecule has 0 radical (unpaired) electrons. The summed E-state index contributed by atoms with van der Waals surface area (Å²) in [5, 5.41) is 9.42. The van der Waals surface area contributed by atoms with Crippen molar-refractivity contribution in [2.24, 2.45) is 4.99 Å². The summed E-state index contributed by atoms with van der Waals surface area (Å²) in [6, 6.07) is 0. The van der Waals surface area contributed by atoms with Gasteiger partial charge in [-0.3, -0.25) is 4.99 Å². The number of guanidine groups is 1. The Kier molecular flexibility index (Phi) is 9.24. The van der Waals surface area contributed by atoms with Gasteiger partial charge < -0.3 is 15.4 Å². The SMILES string of the molecule is CN=C(NCc1nc(C(C)C)cs1)NCC1(S(C)(=O)=O)CCOCC1.I. The lowest BCUT2D eigenvalue weighted by Gasteiger charge is -2.35. The lowest BCUT2D eigenvalue weighted by atomic mass is 9.99. The van der Waals surface area contributed by atoms with Crippen molar-refractivity contribution >= 4 is 51.1 Å². The summed E-state index contributed by atoms with van der Waals surface area (Å²) < 4.78 is 29.1. The highest BCUT2D eigenvalue weighted by atomic mass is 127. The summed E-state index contributed by atoms with van der Waals surface area (Å²) in [7, 11) is -1.53. The highest BCUT2D eigenvalue weighted by Gasteiger charge is 2.42. The molecule has 1 aliphatic rings. The van der Waals surface area contributed by atoms with Crippen molar-refractivity contribution in [1.82, 2.24) is 15.6 Å². The predicted octanol–water partition coefficient (Wildman–Crippen LogP) is 2.14. The van der Waals surface area contributed by atoms with E-state index in [2.05, 4.69) is 39.8 Å². The maximum Gasteiger partial charge on any atom is 0.191 e. The van der Waals surface area contributed by atoms with Crippen LogP contribution in [0.25, 0.3) is 0 Å². The Balaban J connectivity index is 0.00000338. The van der Waals surface area contributed by atoms with Gasteiger partial charge >= 0.3 is 0 Å². The molecule has 2 rings (SSSR count). The molecule has 0 saturated carbocycles. The second-order valence-corrected chi connectivity index (χ2v) is 10.0. The van der Waals surface area contributed by atoms with E-state index in [0.717, 1.165) is 10.7 Å². The monoisotopic (exact) mass is 516 g/mol. The molecule has 10 heteroatoms. The molecule has 0 spiro atoms. The zero-order valence-electron chi connectivity index (χ0n) is 15.7. The molecule has 0 atom stereocenters. The van der Waals surface area contributed by atoms with Crippen molar-refractivity contribution in [3.05, 3.63) is 16.1 Å². The van der Waals surface area contributed by atoms with Crippen molar-refractivity contribution in [3.8, 4) is 0 Å². The molecule has 1 saturated heterocycles. The van der Waals surface area contributed by atoms with Gasteiger partial charge in [0.15, 0.2) is 15.8 Å². The van der Waals surface area contributed by atoms with Crippen LogP contribution in [0.4, 0.5) is 0 Å². The number of halogens is 1. The van der Waals surface area contributed by atoms with Crippen molar-refractivity contribution < 1.29 is 13.2 Å². The third-order valence-electron chi connectivity index (χ3n) is 4.56. The molecule has 0 amide bonds. The van der Waals surface area contributed by atoms with E-state index in [9.17, 15) is 8.42 Å². The Hall–Kier alpha value is -0.460. The van der Waals surface area contributed by atoms with Crippen molar-refractivity contribution in [2.75, 3.05) is 33.1 Å². The standard InChI is InChI=1S/C16H28N4O3S2.HI/c1-12(2)13-10-24-14(20-13)9-18-15(17-3)19-11-16(25(4,21)22)5-7-23-8-6-16;/h10,12H,5-9,11H2,1-4H3,(H2,17,18,19);1H. The first-order valence-corrected chi connectivity index (χ1v) is 11.2. The summed E-state index contributed by atoms with van der Waals surface area (Å²) in [5.74, 6) is 0.987. The topological polar surface area (TPSA) is 92.7 Å². The van der Waals surface area contributed by atoms with E-state index in [1.807, 2.05) is 0 Å². The largest absolute Gasteiger partial charge is 0.381 e. The van der Waals surface area contributed by atoms with E-state index >= 15 is 0 Å². The smallest absolute Gasteiger partial charge is 0.191 e. The fourth-order valence-electron chi connectivity index (χ4n) is 2.72. The van der Waals surface area contributed by atoms with E-state index < -0.39 is 14.6 Å². The molecule has 7 nitrogen and oxygen atoms in total. The Labute approximate surface area is 177 Å². The van der Waals surface area contributed by atoms with Gasteiger partial charge in [-0.15, -0.1) is 35.3 Å². The van der Waals surface area contributed by atoms with Crippen LogP contribution in [0.1, 0.15) is 43.3 Å². The van der Waals surface area contributed by atoms with Crippen LogP contribution in [0.5, 0.6) is 0 Å². The summed E-state index contributed by atoms with van der Waals surface area (Å²) in [4.78, 5) is 8.77. The minimum absolute atomic E-state index is 0. The number of nitrogens with one attached hydrogen (secondary N) is 2. The van der Waals surface area contributed by atoms with Gasteiger partial charge in [0, 0.05) is 38.4 Å². The molecular weight excluding hydrogens is 487 g/mol. The maximum atomic E-state index is 12.3. The summed E-state index contributed by atoms with van der Waals surface area (Å²) in [6.07, 6.45) is 2.30. The van der Waals surface area contributed by atoms with Gasteiger partial charge in [-0.05, 0) is 18.8 Å². The average Bonchev–Trinajstić information content (AvgIpc) is 3.04. The molecule has 1 fully saturated rings. The Morgan fingerprint density at radius 3 is 2.54 bits per heavy atom. The van der Waals surface area contributed by atoms with E-state index in [0.29, 0.717) is 51.0 Å². The molecular formula is C16H29IN4O3S2. The fourth-order valence-corrected chi connectivity index (χ4v) is 4.86. The highest BCUT2D eigenvalue weighted by molar-refractivity contribution is 14.0. The number of sulfone groups is 1. The minimum Gasteiger partial charge on any atom is -0.381 e. The van der Waals surface area contributed by atoms with Gasteiger partial charge in [-0.2, -0.15) is 0 Å². The van der Waals surface area contributed by atoms with Gasteiger partial charge in [-0.1, -0.05) is 13.8 Å². The van der Waals surface area contributed by atoms with Crippen molar-refractivity contribution in [2.45, 2.75) is 43.9 Å². The third kappa shape index (κ3) is 6.03. The second kappa shape index (κ2) is 10.2. The molecule has 26 heavy (non-hydrogen) atoms. The van der Waals surface area contributed by atoms with Gasteiger partial charge in [0.2, 0.25) is 0 Å². The molecule has 0 aliphatic carbocycles. The van der Waals surface area contributed by atoms with E-state index in [1.54, 1.807) is 18.4 Å². The quantitative estimate of drug-likeness (QED) is 0.342. The Bertz CT molecular complexity index is 698. The maximum absolute atomic E-state index is 12.3. The Morgan fingerprint density at radius 1 is 1.38 bits per heavy atom. The third-order valence-corrected chi connectivity index (χ3v) is 7.55. The van der Waals surface area contributed by atoms with Gasteiger partial charge in [0.05, 0.1) is 17.0 Å². The number of thiazole rings is 1. The number of nitrogens with zero attached hydrogens (tertiary/aromatic N) is 2. The summed E-state index contributed by atoms with van der Waals surface area (Å²) in [5.41, 5.74) is 1.09. The lowest BCUT2D eigenvalue weighted by molar-refractivity contribution is 0.0756.